The molecule has 0 unspecified atom stereocenters. The largest absolute Gasteiger partial charge is 0.341 e. The zero-order valence-electron chi connectivity index (χ0n) is 19.5. The average Bonchev–Trinajstić information content (AvgIpc) is 3.50. The highest BCUT2D eigenvalue weighted by Gasteiger charge is 2.54. The molecule has 3 amide bonds. The Morgan fingerprint density at radius 1 is 0.857 bits per heavy atom. The highest BCUT2D eigenvalue weighted by Crippen LogP contribution is 2.40. The number of nitrogens with zero attached hydrogens (tertiary/aromatic N) is 4. The number of piperidine rings is 1. The van der Waals surface area contributed by atoms with Crippen LogP contribution in [-0.2, 0) is 9.59 Å². The van der Waals surface area contributed by atoms with Gasteiger partial charge < -0.3 is 19.6 Å². The summed E-state index contributed by atoms with van der Waals surface area (Å²) in [6, 6.07) is 14.7. The minimum absolute atomic E-state index is 0.00754. The van der Waals surface area contributed by atoms with Gasteiger partial charge in [-0.05, 0) is 56.0 Å². The van der Waals surface area contributed by atoms with E-state index in [1.54, 1.807) is 28.0 Å². The first kappa shape index (κ1) is 23.9. The van der Waals surface area contributed by atoms with E-state index in [4.69, 9.17) is 23.2 Å². The van der Waals surface area contributed by atoms with E-state index in [2.05, 4.69) is 4.90 Å². The van der Waals surface area contributed by atoms with Crippen molar-refractivity contribution in [3.05, 3.63) is 64.1 Å². The second-order valence-electron chi connectivity index (χ2n) is 9.45. The van der Waals surface area contributed by atoms with Crippen molar-refractivity contribution in [1.29, 1.82) is 0 Å². The molecular weight excluding hydrogens is 487 g/mol. The van der Waals surface area contributed by atoms with Crippen LogP contribution in [0, 0.1) is 0 Å². The lowest BCUT2D eigenvalue weighted by Crippen LogP contribution is -2.57. The Kier molecular flexibility index (Phi) is 6.64. The van der Waals surface area contributed by atoms with Crippen LogP contribution in [0.1, 0.15) is 36.0 Å². The fourth-order valence-electron chi connectivity index (χ4n) is 5.44. The molecule has 0 aliphatic carbocycles. The average molecular weight is 515 g/mol. The van der Waals surface area contributed by atoms with Crippen LogP contribution < -0.4 is 4.90 Å². The van der Waals surface area contributed by atoms with E-state index in [0.29, 0.717) is 48.2 Å². The van der Waals surface area contributed by atoms with Crippen LogP contribution in [0.3, 0.4) is 0 Å². The van der Waals surface area contributed by atoms with Crippen LogP contribution >= 0.6 is 23.2 Å². The van der Waals surface area contributed by atoms with E-state index in [1.807, 2.05) is 35.2 Å². The molecule has 35 heavy (non-hydrogen) atoms. The summed E-state index contributed by atoms with van der Waals surface area (Å²) in [5, 5.41) is 0.741. The molecule has 2 aromatic rings. The summed E-state index contributed by atoms with van der Waals surface area (Å²) in [7, 11) is 0. The molecular formula is C26H28Cl2N4O3. The van der Waals surface area contributed by atoms with E-state index in [0.717, 1.165) is 31.6 Å². The van der Waals surface area contributed by atoms with E-state index >= 15 is 0 Å². The smallest absolute Gasteiger partial charge is 0.253 e. The number of rotatable bonds is 4. The number of benzene rings is 2. The summed E-state index contributed by atoms with van der Waals surface area (Å²) in [5.74, 6) is -0.153. The number of amides is 3. The van der Waals surface area contributed by atoms with Crippen LogP contribution in [-0.4, -0.2) is 77.4 Å². The fraction of sp³-hybridized carbons (Fsp3) is 0.423. The first-order chi connectivity index (χ1) is 16.9. The number of hydrogen-bond acceptors (Lipinski definition) is 4. The number of carbonyl (C=O) groups excluding carboxylic acids is 3. The Balaban J connectivity index is 1.36. The van der Waals surface area contributed by atoms with Crippen molar-refractivity contribution in [3.8, 4) is 0 Å². The number of carbonyl (C=O) groups is 3. The lowest BCUT2D eigenvalue weighted by Gasteiger charge is -2.43. The third-order valence-electron chi connectivity index (χ3n) is 7.41. The SMILES string of the molecule is O=C(CN1CN(c2ccccc2)C2(CCN(C(=O)c3ccc(Cl)c(Cl)c3)CC2)C1=O)N1CCCC1. The molecule has 1 spiro atoms. The Labute approximate surface area is 215 Å². The molecule has 3 saturated heterocycles. The monoisotopic (exact) mass is 514 g/mol. The van der Waals surface area contributed by atoms with Crippen LogP contribution in [0.15, 0.2) is 48.5 Å². The van der Waals surface area contributed by atoms with E-state index in [9.17, 15) is 14.4 Å². The molecule has 0 bridgehead atoms. The first-order valence-corrected chi connectivity index (χ1v) is 12.8. The summed E-state index contributed by atoms with van der Waals surface area (Å²) < 4.78 is 0. The molecule has 3 heterocycles. The summed E-state index contributed by atoms with van der Waals surface area (Å²) in [4.78, 5) is 47.2. The van der Waals surface area contributed by atoms with Gasteiger partial charge in [0.05, 0.1) is 16.7 Å². The van der Waals surface area contributed by atoms with Crippen molar-refractivity contribution in [2.24, 2.45) is 0 Å². The van der Waals surface area contributed by atoms with Gasteiger partial charge in [-0.25, -0.2) is 0 Å². The predicted molar refractivity (Wildman–Crippen MR) is 136 cm³/mol. The molecule has 5 rings (SSSR count). The van der Waals surface area contributed by atoms with Gasteiger partial charge in [0, 0.05) is 37.4 Å². The van der Waals surface area contributed by atoms with Gasteiger partial charge in [0.2, 0.25) is 5.91 Å². The number of para-hydroxylation sites is 1. The van der Waals surface area contributed by atoms with Crippen molar-refractivity contribution in [1.82, 2.24) is 14.7 Å². The summed E-state index contributed by atoms with van der Waals surface area (Å²) in [5.41, 5.74) is 0.647. The Bertz CT molecular complexity index is 1130. The van der Waals surface area contributed by atoms with Gasteiger partial charge in [0.15, 0.2) is 0 Å². The standard InChI is InChI=1S/C26H28Cl2N4O3/c27-21-9-8-19(16-22(21)28)24(34)30-14-10-26(11-15-30)25(35)31(17-23(33)29-12-4-5-13-29)18-32(26)20-6-2-1-3-7-20/h1-3,6-9,16H,4-5,10-15,17-18H2. The zero-order valence-corrected chi connectivity index (χ0v) is 21.0. The Morgan fingerprint density at radius 3 is 2.20 bits per heavy atom. The zero-order chi connectivity index (χ0) is 24.6. The molecule has 2 aromatic carbocycles. The molecule has 0 N–H and O–H groups in total. The van der Waals surface area contributed by atoms with E-state index in [1.165, 1.54) is 0 Å². The number of halogens is 2. The van der Waals surface area contributed by atoms with Gasteiger partial charge in [0.25, 0.3) is 11.8 Å². The van der Waals surface area contributed by atoms with Crippen molar-refractivity contribution in [2.75, 3.05) is 44.3 Å². The number of hydrogen-bond donors (Lipinski definition) is 0. The number of anilines is 1. The third-order valence-corrected chi connectivity index (χ3v) is 8.15. The molecule has 3 fully saturated rings. The maximum Gasteiger partial charge on any atom is 0.253 e. The second kappa shape index (κ2) is 9.70. The minimum Gasteiger partial charge on any atom is -0.341 e. The van der Waals surface area contributed by atoms with Crippen molar-refractivity contribution in [3.63, 3.8) is 0 Å². The summed E-state index contributed by atoms with van der Waals surface area (Å²) in [6.45, 7) is 2.85. The van der Waals surface area contributed by atoms with Gasteiger partial charge in [0.1, 0.15) is 12.1 Å². The van der Waals surface area contributed by atoms with Crippen LogP contribution in [0.5, 0.6) is 0 Å². The van der Waals surface area contributed by atoms with Crippen LogP contribution in [0.25, 0.3) is 0 Å². The van der Waals surface area contributed by atoms with Gasteiger partial charge in [-0.15, -0.1) is 0 Å². The Morgan fingerprint density at radius 2 is 1.54 bits per heavy atom. The molecule has 0 aromatic heterocycles. The topological polar surface area (TPSA) is 64.2 Å². The van der Waals surface area contributed by atoms with Crippen molar-refractivity contribution >= 4 is 46.6 Å². The fourth-order valence-corrected chi connectivity index (χ4v) is 5.74. The molecule has 0 atom stereocenters. The predicted octanol–water partition coefficient (Wildman–Crippen LogP) is 3.90. The van der Waals surface area contributed by atoms with Gasteiger partial charge in [-0.3, -0.25) is 14.4 Å². The van der Waals surface area contributed by atoms with Crippen molar-refractivity contribution < 1.29 is 14.4 Å². The molecule has 3 aliphatic rings. The Hall–Kier alpha value is -2.77. The normalized spacial score (nSPS) is 19.7. The minimum atomic E-state index is -0.777. The van der Waals surface area contributed by atoms with Gasteiger partial charge in [-0.2, -0.15) is 0 Å². The van der Waals surface area contributed by atoms with Crippen LogP contribution in [0.2, 0.25) is 10.0 Å². The first-order valence-electron chi connectivity index (χ1n) is 12.0. The molecule has 3 aliphatic heterocycles. The maximum atomic E-state index is 13.8. The molecule has 0 radical (unpaired) electrons. The summed E-state index contributed by atoms with van der Waals surface area (Å²) in [6.07, 6.45) is 3.01. The van der Waals surface area contributed by atoms with Crippen molar-refractivity contribution in [2.45, 2.75) is 31.2 Å². The van der Waals surface area contributed by atoms with Gasteiger partial charge >= 0.3 is 0 Å². The van der Waals surface area contributed by atoms with Crippen LogP contribution in [0.4, 0.5) is 5.69 Å². The van der Waals surface area contributed by atoms with E-state index in [-0.39, 0.29) is 24.3 Å². The quantitative estimate of drug-likeness (QED) is 0.620. The molecule has 184 valence electrons. The lowest BCUT2D eigenvalue weighted by molar-refractivity contribution is -0.140. The summed E-state index contributed by atoms with van der Waals surface area (Å²) >= 11 is 12.1. The highest BCUT2D eigenvalue weighted by atomic mass is 35.5. The maximum absolute atomic E-state index is 13.8. The van der Waals surface area contributed by atoms with Gasteiger partial charge in [-0.1, -0.05) is 41.4 Å². The van der Waals surface area contributed by atoms with E-state index < -0.39 is 5.54 Å². The third kappa shape index (κ3) is 4.47. The lowest BCUT2D eigenvalue weighted by atomic mass is 9.85. The molecule has 7 nitrogen and oxygen atoms in total. The number of likely N-dealkylation sites (tertiary alicyclic amines) is 2. The molecule has 9 heteroatoms. The molecule has 0 saturated carbocycles. The second-order valence-corrected chi connectivity index (χ2v) is 10.3. The highest BCUT2D eigenvalue weighted by molar-refractivity contribution is 6.42.